The number of fused-ring (bicyclic) bond motifs is 1. The number of anilines is 1. The topological polar surface area (TPSA) is 64.7 Å². The SMILES string of the molecule is CC.CC.Cc1nc(SCc2cccc(F)c2F)nc2nc(N)sc12. The summed E-state index contributed by atoms with van der Waals surface area (Å²) in [6.45, 7) is 9.84. The predicted molar refractivity (Wildman–Crippen MR) is 103 cm³/mol. The number of rotatable bonds is 3. The van der Waals surface area contributed by atoms with Crippen molar-refractivity contribution in [2.75, 3.05) is 5.73 Å². The van der Waals surface area contributed by atoms with Gasteiger partial charge in [0.1, 0.15) is 0 Å². The van der Waals surface area contributed by atoms with Crippen molar-refractivity contribution in [2.24, 2.45) is 0 Å². The molecule has 0 amide bonds. The Morgan fingerprint density at radius 1 is 1.08 bits per heavy atom. The molecule has 0 atom stereocenters. The van der Waals surface area contributed by atoms with Crippen LogP contribution < -0.4 is 5.73 Å². The van der Waals surface area contributed by atoms with Gasteiger partial charge in [0.05, 0.1) is 10.4 Å². The number of aryl methyl sites for hydroxylation is 1. The van der Waals surface area contributed by atoms with E-state index in [0.717, 1.165) is 16.5 Å². The minimum Gasteiger partial charge on any atom is -0.375 e. The molecule has 0 aliphatic rings. The molecule has 2 N–H and O–H groups in total. The highest BCUT2D eigenvalue weighted by molar-refractivity contribution is 7.98. The quantitative estimate of drug-likeness (QED) is 0.470. The normalized spacial score (nSPS) is 9.88. The summed E-state index contributed by atoms with van der Waals surface area (Å²) >= 11 is 2.56. The molecule has 2 heterocycles. The zero-order valence-electron chi connectivity index (χ0n) is 14.9. The summed E-state index contributed by atoms with van der Waals surface area (Å²) < 4.78 is 27.6. The third kappa shape index (κ3) is 5.34. The van der Waals surface area contributed by atoms with E-state index in [4.69, 9.17) is 5.73 Å². The first-order valence-electron chi connectivity index (χ1n) is 8.01. The van der Waals surface area contributed by atoms with Gasteiger partial charge in [-0.05, 0) is 13.0 Å². The van der Waals surface area contributed by atoms with Crippen LogP contribution in [0.5, 0.6) is 0 Å². The molecule has 0 aliphatic carbocycles. The third-order valence-electron chi connectivity index (χ3n) is 2.81. The molecule has 0 aliphatic heterocycles. The molecule has 0 saturated carbocycles. The van der Waals surface area contributed by atoms with Crippen LogP contribution in [0.15, 0.2) is 23.4 Å². The molecule has 1 aromatic carbocycles. The molecular formula is C17H22F2N4S2. The van der Waals surface area contributed by atoms with Crippen molar-refractivity contribution >= 4 is 38.6 Å². The fourth-order valence-corrected chi connectivity index (χ4v) is 3.39. The van der Waals surface area contributed by atoms with Gasteiger partial charge in [0, 0.05) is 11.3 Å². The van der Waals surface area contributed by atoms with E-state index in [1.165, 1.54) is 35.2 Å². The first-order valence-corrected chi connectivity index (χ1v) is 9.81. The van der Waals surface area contributed by atoms with Gasteiger partial charge in [-0.15, -0.1) is 0 Å². The smallest absolute Gasteiger partial charge is 0.190 e. The molecule has 3 rings (SSSR count). The molecule has 0 bridgehead atoms. The standard InChI is InChI=1S/C13H10F2N4S2.2C2H6/c1-6-10-11(18-12(16)21-10)19-13(17-6)20-5-7-3-2-4-8(14)9(7)15;2*1-2/h2-4H,5H2,1H3,(H2,16,17,18,19);2*1-2H3. The Kier molecular flexibility index (Phi) is 8.71. The molecular weight excluding hydrogens is 362 g/mol. The Hall–Kier alpha value is -1.80. The number of hydrogen-bond donors (Lipinski definition) is 1. The summed E-state index contributed by atoms with van der Waals surface area (Å²) in [7, 11) is 0. The lowest BCUT2D eigenvalue weighted by molar-refractivity contribution is 0.502. The van der Waals surface area contributed by atoms with Gasteiger partial charge in [-0.3, -0.25) is 0 Å². The average Bonchev–Trinajstić information content (AvgIpc) is 3.01. The van der Waals surface area contributed by atoms with Crippen molar-refractivity contribution in [1.82, 2.24) is 15.0 Å². The molecule has 0 saturated heterocycles. The number of nitrogens with two attached hydrogens (primary N) is 1. The number of halogens is 2. The minimum atomic E-state index is -0.854. The van der Waals surface area contributed by atoms with Crippen molar-refractivity contribution in [3.05, 3.63) is 41.1 Å². The Bertz CT molecular complexity index is 822. The number of thiazole rings is 1. The van der Waals surface area contributed by atoms with Crippen molar-refractivity contribution < 1.29 is 8.78 Å². The second kappa shape index (κ2) is 10.2. The number of benzene rings is 1. The van der Waals surface area contributed by atoms with E-state index >= 15 is 0 Å². The number of hydrogen-bond acceptors (Lipinski definition) is 6. The van der Waals surface area contributed by atoms with Crippen LogP contribution in [-0.2, 0) is 5.75 Å². The zero-order valence-corrected chi connectivity index (χ0v) is 16.6. The lowest BCUT2D eigenvalue weighted by Gasteiger charge is -2.04. The Balaban J connectivity index is 0.000000730. The summed E-state index contributed by atoms with van der Waals surface area (Å²) in [5.41, 5.74) is 7.24. The highest BCUT2D eigenvalue weighted by atomic mass is 32.2. The van der Waals surface area contributed by atoms with E-state index in [1.807, 2.05) is 34.6 Å². The number of thioether (sulfide) groups is 1. The number of nitrogen functional groups attached to an aromatic ring is 1. The van der Waals surface area contributed by atoms with Crippen LogP contribution in [0.2, 0.25) is 0 Å². The van der Waals surface area contributed by atoms with Gasteiger partial charge in [0.2, 0.25) is 0 Å². The van der Waals surface area contributed by atoms with Gasteiger partial charge >= 0.3 is 0 Å². The van der Waals surface area contributed by atoms with E-state index in [1.54, 1.807) is 0 Å². The monoisotopic (exact) mass is 384 g/mol. The fourth-order valence-electron chi connectivity index (χ4n) is 1.82. The van der Waals surface area contributed by atoms with Gasteiger partial charge in [0.25, 0.3) is 0 Å². The maximum Gasteiger partial charge on any atom is 0.190 e. The fraction of sp³-hybridized carbons (Fsp3) is 0.353. The second-order valence-electron chi connectivity index (χ2n) is 4.30. The van der Waals surface area contributed by atoms with Crippen LogP contribution in [0.1, 0.15) is 39.0 Å². The first kappa shape index (κ1) is 21.2. The molecule has 25 heavy (non-hydrogen) atoms. The van der Waals surface area contributed by atoms with Gasteiger partial charge < -0.3 is 5.73 Å². The van der Waals surface area contributed by atoms with Gasteiger partial charge in [-0.25, -0.2) is 23.7 Å². The number of aromatic nitrogens is 3. The lowest BCUT2D eigenvalue weighted by atomic mass is 10.2. The van der Waals surface area contributed by atoms with Crippen LogP contribution in [0.3, 0.4) is 0 Å². The van der Waals surface area contributed by atoms with Crippen molar-refractivity contribution in [3.63, 3.8) is 0 Å². The second-order valence-corrected chi connectivity index (χ2v) is 6.27. The molecule has 0 spiro atoms. The maximum absolute atomic E-state index is 13.6. The summed E-state index contributed by atoms with van der Waals surface area (Å²) in [6.07, 6.45) is 0. The predicted octanol–water partition coefficient (Wildman–Crippen LogP) is 5.60. The van der Waals surface area contributed by atoms with Crippen LogP contribution in [0.25, 0.3) is 10.3 Å². The zero-order chi connectivity index (χ0) is 19.0. The van der Waals surface area contributed by atoms with Gasteiger partial charge in [0.15, 0.2) is 27.6 Å². The van der Waals surface area contributed by atoms with Crippen LogP contribution in [-0.4, -0.2) is 15.0 Å². The van der Waals surface area contributed by atoms with E-state index in [-0.39, 0.29) is 11.3 Å². The van der Waals surface area contributed by atoms with Gasteiger partial charge in [-0.1, -0.05) is 62.9 Å². The van der Waals surface area contributed by atoms with Crippen LogP contribution >= 0.6 is 23.1 Å². The molecule has 8 heteroatoms. The molecule has 4 nitrogen and oxygen atoms in total. The molecule has 0 fully saturated rings. The van der Waals surface area contributed by atoms with Crippen molar-refractivity contribution in [2.45, 2.75) is 45.5 Å². The van der Waals surface area contributed by atoms with Crippen molar-refractivity contribution in [3.8, 4) is 0 Å². The summed E-state index contributed by atoms with van der Waals surface area (Å²) in [6, 6.07) is 4.11. The Morgan fingerprint density at radius 2 is 1.76 bits per heavy atom. The molecule has 0 radical (unpaired) electrons. The number of nitrogens with zero attached hydrogens (tertiary/aromatic N) is 3. The van der Waals surface area contributed by atoms with Crippen LogP contribution in [0.4, 0.5) is 13.9 Å². The summed E-state index contributed by atoms with van der Waals surface area (Å²) in [4.78, 5) is 12.7. The van der Waals surface area contributed by atoms with Crippen molar-refractivity contribution in [1.29, 1.82) is 0 Å². The van der Waals surface area contributed by atoms with E-state index in [9.17, 15) is 8.78 Å². The third-order valence-corrected chi connectivity index (χ3v) is 4.69. The highest BCUT2D eigenvalue weighted by Gasteiger charge is 2.12. The highest BCUT2D eigenvalue weighted by Crippen LogP contribution is 2.28. The summed E-state index contributed by atoms with van der Waals surface area (Å²) in [5.74, 6) is -1.44. The van der Waals surface area contributed by atoms with E-state index in [2.05, 4.69) is 15.0 Å². The molecule has 0 unspecified atom stereocenters. The Morgan fingerprint density at radius 3 is 2.44 bits per heavy atom. The van der Waals surface area contributed by atoms with Gasteiger partial charge in [-0.2, -0.15) is 0 Å². The average molecular weight is 385 g/mol. The molecule has 136 valence electrons. The summed E-state index contributed by atoms with van der Waals surface area (Å²) in [5, 5.41) is 0.898. The maximum atomic E-state index is 13.6. The van der Waals surface area contributed by atoms with Crippen LogP contribution in [0, 0.1) is 18.6 Å². The van der Waals surface area contributed by atoms with E-state index < -0.39 is 11.6 Å². The lowest BCUT2D eigenvalue weighted by Crippen LogP contribution is -1.95. The van der Waals surface area contributed by atoms with E-state index in [0.29, 0.717) is 15.9 Å². The first-order chi connectivity index (χ1) is 12.0. The largest absolute Gasteiger partial charge is 0.375 e. The molecule has 2 aromatic heterocycles. The molecule has 3 aromatic rings. The Labute approximate surface area is 154 Å². The minimum absolute atomic E-state index is 0.244.